The van der Waals surface area contributed by atoms with E-state index in [2.05, 4.69) is 25.3 Å². The predicted molar refractivity (Wildman–Crippen MR) is 112 cm³/mol. The summed E-state index contributed by atoms with van der Waals surface area (Å²) in [5.41, 5.74) is -0.598. The highest BCUT2D eigenvalue weighted by molar-refractivity contribution is 5.93. The Hall–Kier alpha value is -4.49. The fraction of sp³-hybridized carbons (Fsp3) is 0.200. The number of nitro benzene ring substituents is 1. The van der Waals surface area contributed by atoms with Gasteiger partial charge < -0.3 is 9.88 Å². The Morgan fingerprint density at radius 1 is 1.24 bits per heavy atom. The van der Waals surface area contributed by atoms with Crippen LogP contribution >= 0.6 is 0 Å². The normalized spacial score (nSPS) is 11.5. The Morgan fingerprint density at radius 2 is 2.03 bits per heavy atom. The lowest BCUT2D eigenvalue weighted by Crippen LogP contribution is -2.30. The van der Waals surface area contributed by atoms with Gasteiger partial charge in [-0.2, -0.15) is 23.4 Å². The molecule has 0 spiro atoms. The summed E-state index contributed by atoms with van der Waals surface area (Å²) < 4.78 is 41.2. The molecule has 3 heterocycles. The molecule has 0 saturated carbocycles. The van der Waals surface area contributed by atoms with Gasteiger partial charge in [0.25, 0.3) is 11.6 Å². The van der Waals surface area contributed by atoms with Crippen molar-refractivity contribution in [1.82, 2.24) is 34.8 Å². The molecular formula is C20H17F3N8O3. The van der Waals surface area contributed by atoms with Crippen molar-refractivity contribution in [2.75, 3.05) is 13.6 Å². The molecule has 0 aliphatic rings. The number of nitrogens with one attached hydrogen (secondary N) is 2. The maximum atomic E-state index is 13.2. The van der Waals surface area contributed by atoms with E-state index in [1.165, 1.54) is 28.0 Å². The Balaban J connectivity index is 1.43. The number of H-pyrrole nitrogens is 2. The van der Waals surface area contributed by atoms with Crippen LogP contribution in [0.5, 0.6) is 0 Å². The molecule has 4 aromatic rings. The summed E-state index contributed by atoms with van der Waals surface area (Å²) in [4.78, 5) is 30.7. The minimum absolute atomic E-state index is 0.0879. The van der Waals surface area contributed by atoms with Gasteiger partial charge in [-0.3, -0.25) is 24.7 Å². The minimum atomic E-state index is -4.88. The van der Waals surface area contributed by atoms with Crippen molar-refractivity contribution in [3.05, 3.63) is 70.4 Å². The monoisotopic (exact) mass is 474 g/mol. The van der Waals surface area contributed by atoms with Crippen molar-refractivity contribution >= 4 is 11.6 Å². The van der Waals surface area contributed by atoms with Crippen LogP contribution in [-0.2, 0) is 12.7 Å². The molecule has 3 aromatic heterocycles. The largest absolute Gasteiger partial charge is 0.423 e. The van der Waals surface area contributed by atoms with E-state index in [9.17, 15) is 28.1 Å². The maximum absolute atomic E-state index is 13.2. The number of likely N-dealkylation sites (N-methyl/N-ethyl adjacent to an activating group) is 1. The van der Waals surface area contributed by atoms with Gasteiger partial charge in [0.2, 0.25) is 0 Å². The molecule has 0 fully saturated rings. The number of halogens is 3. The van der Waals surface area contributed by atoms with Crippen LogP contribution < -0.4 is 0 Å². The quantitative estimate of drug-likeness (QED) is 0.311. The summed E-state index contributed by atoms with van der Waals surface area (Å²) in [6.45, 7) is 0.523. The maximum Gasteiger partial charge on any atom is 0.423 e. The van der Waals surface area contributed by atoms with Crippen molar-refractivity contribution < 1.29 is 22.9 Å². The predicted octanol–water partition coefficient (Wildman–Crippen LogP) is 3.36. The first kappa shape index (κ1) is 22.7. The van der Waals surface area contributed by atoms with Gasteiger partial charge in [-0.15, -0.1) is 0 Å². The summed E-state index contributed by atoms with van der Waals surface area (Å²) >= 11 is 0. The van der Waals surface area contributed by atoms with Gasteiger partial charge in [-0.25, -0.2) is 4.98 Å². The smallest absolute Gasteiger partial charge is 0.343 e. The molecule has 4 rings (SSSR count). The summed E-state index contributed by atoms with van der Waals surface area (Å²) in [5.74, 6) is -0.309. The van der Waals surface area contributed by atoms with Crippen molar-refractivity contribution in [2.45, 2.75) is 12.7 Å². The average Bonchev–Trinajstić information content (AvgIpc) is 3.57. The van der Waals surface area contributed by atoms with Crippen LogP contribution in [0.15, 0.2) is 49.1 Å². The first-order chi connectivity index (χ1) is 16.1. The standard InChI is InChI=1S/C20H17F3N8O3/c1-29(19(32)16-9-15(26-27-16)17-10-24-11-25-17)6-7-30-5-4-14(28-30)12-2-3-18(31(33)34)13(8-12)20(21,22)23/h2-5,8-11H,6-7H2,1H3,(H,24,25)(H,26,27). The number of alkyl halides is 3. The van der Waals surface area contributed by atoms with E-state index in [0.29, 0.717) is 17.5 Å². The van der Waals surface area contributed by atoms with Crippen LogP contribution in [0, 0.1) is 10.1 Å². The SMILES string of the molecule is CN(CCn1ccc(-c2ccc([N+](=O)[O-])c(C(F)(F)F)c2)n1)C(=O)c1cc(-c2cnc[nH]2)n[nH]1. The topological polar surface area (TPSA) is 139 Å². The number of aromatic amines is 2. The van der Waals surface area contributed by atoms with Crippen LogP contribution in [-0.4, -0.2) is 59.3 Å². The van der Waals surface area contributed by atoms with Crippen molar-refractivity contribution in [1.29, 1.82) is 0 Å². The fourth-order valence-electron chi connectivity index (χ4n) is 3.25. The van der Waals surface area contributed by atoms with Crippen LogP contribution in [0.3, 0.4) is 0 Å². The van der Waals surface area contributed by atoms with Gasteiger partial charge in [0.1, 0.15) is 17.0 Å². The zero-order chi connectivity index (χ0) is 24.5. The summed E-state index contributed by atoms with van der Waals surface area (Å²) in [6.07, 6.45) is -0.258. The van der Waals surface area contributed by atoms with E-state index in [-0.39, 0.29) is 35.9 Å². The molecule has 14 heteroatoms. The second-order valence-electron chi connectivity index (χ2n) is 7.31. The molecule has 0 saturated heterocycles. The Morgan fingerprint density at radius 3 is 2.71 bits per heavy atom. The third-order valence-corrected chi connectivity index (χ3v) is 5.03. The third-order valence-electron chi connectivity index (χ3n) is 5.03. The molecule has 0 bridgehead atoms. The van der Waals surface area contributed by atoms with Gasteiger partial charge in [-0.1, -0.05) is 0 Å². The number of nitro groups is 1. The Bertz CT molecular complexity index is 1330. The van der Waals surface area contributed by atoms with Crippen molar-refractivity contribution in [2.24, 2.45) is 0 Å². The highest BCUT2D eigenvalue weighted by atomic mass is 19.4. The molecule has 0 atom stereocenters. The van der Waals surface area contributed by atoms with Gasteiger partial charge >= 0.3 is 6.18 Å². The number of rotatable bonds is 7. The van der Waals surface area contributed by atoms with Crippen LogP contribution in [0.2, 0.25) is 0 Å². The number of carbonyl (C=O) groups is 1. The zero-order valence-electron chi connectivity index (χ0n) is 17.6. The lowest BCUT2D eigenvalue weighted by atomic mass is 10.1. The molecule has 1 aromatic carbocycles. The third kappa shape index (κ3) is 4.65. The van der Waals surface area contributed by atoms with Gasteiger partial charge in [-0.05, 0) is 24.3 Å². The first-order valence-corrected chi connectivity index (χ1v) is 9.82. The summed E-state index contributed by atoms with van der Waals surface area (Å²) in [6, 6.07) is 5.81. The van der Waals surface area contributed by atoms with Crippen molar-refractivity contribution in [3.63, 3.8) is 0 Å². The van der Waals surface area contributed by atoms with E-state index in [1.54, 1.807) is 25.5 Å². The van der Waals surface area contributed by atoms with Gasteiger partial charge in [0.05, 0.1) is 35.4 Å². The number of hydrogen-bond acceptors (Lipinski definition) is 6. The molecular weight excluding hydrogens is 457 g/mol. The highest BCUT2D eigenvalue weighted by Gasteiger charge is 2.38. The molecule has 2 N–H and O–H groups in total. The molecule has 0 aliphatic carbocycles. The van der Waals surface area contributed by atoms with E-state index < -0.39 is 22.4 Å². The van der Waals surface area contributed by atoms with Crippen LogP contribution in [0.1, 0.15) is 16.1 Å². The second kappa shape index (κ2) is 8.80. The molecule has 0 radical (unpaired) electrons. The second-order valence-corrected chi connectivity index (χ2v) is 7.31. The molecule has 34 heavy (non-hydrogen) atoms. The molecule has 1 amide bonds. The number of aromatic nitrogens is 6. The molecule has 176 valence electrons. The zero-order valence-corrected chi connectivity index (χ0v) is 17.6. The average molecular weight is 474 g/mol. The molecule has 11 nitrogen and oxygen atoms in total. The summed E-state index contributed by atoms with van der Waals surface area (Å²) in [5, 5.41) is 21.9. The Kier molecular flexibility index (Phi) is 5.88. The summed E-state index contributed by atoms with van der Waals surface area (Å²) in [7, 11) is 1.59. The Labute approximate surface area is 189 Å². The van der Waals surface area contributed by atoms with Gasteiger partial charge in [0.15, 0.2) is 0 Å². The number of amides is 1. The lowest BCUT2D eigenvalue weighted by molar-refractivity contribution is -0.388. The van der Waals surface area contributed by atoms with Crippen LogP contribution in [0.4, 0.5) is 18.9 Å². The highest BCUT2D eigenvalue weighted by Crippen LogP contribution is 2.38. The fourth-order valence-corrected chi connectivity index (χ4v) is 3.25. The van der Waals surface area contributed by atoms with E-state index in [0.717, 1.165) is 6.07 Å². The lowest BCUT2D eigenvalue weighted by Gasteiger charge is -2.15. The number of carbonyl (C=O) groups excluding carboxylic acids is 1. The number of nitrogens with zero attached hydrogens (tertiary/aromatic N) is 6. The number of imidazole rings is 1. The molecule has 0 aliphatic heterocycles. The van der Waals surface area contributed by atoms with Crippen LogP contribution in [0.25, 0.3) is 22.6 Å². The van der Waals surface area contributed by atoms with Gasteiger partial charge in [0, 0.05) is 31.4 Å². The molecule has 0 unspecified atom stereocenters. The number of benzene rings is 1. The van der Waals surface area contributed by atoms with E-state index in [4.69, 9.17) is 0 Å². The van der Waals surface area contributed by atoms with Crippen molar-refractivity contribution in [3.8, 4) is 22.6 Å². The minimum Gasteiger partial charge on any atom is -0.343 e. The van der Waals surface area contributed by atoms with E-state index >= 15 is 0 Å². The first-order valence-electron chi connectivity index (χ1n) is 9.82. The van der Waals surface area contributed by atoms with E-state index in [1.807, 2.05) is 0 Å². The number of hydrogen-bond donors (Lipinski definition) is 2.